The summed E-state index contributed by atoms with van der Waals surface area (Å²) in [5, 5.41) is 0. The van der Waals surface area contributed by atoms with E-state index in [4.69, 9.17) is 4.74 Å². The summed E-state index contributed by atoms with van der Waals surface area (Å²) in [5.74, 6) is -0.201. The van der Waals surface area contributed by atoms with Crippen molar-refractivity contribution in [2.45, 2.75) is 19.0 Å². The van der Waals surface area contributed by atoms with Gasteiger partial charge in [-0.05, 0) is 11.6 Å². The molecular weight excluding hydrogens is 174 g/mol. The van der Waals surface area contributed by atoms with Crippen LogP contribution in [0.4, 0.5) is 8.78 Å². The Morgan fingerprint density at radius 2 is 2.15 bits per heavy atom. The van der Waals surface area contributed by atoms with E-state index in [-0.39, 0.29) is 12.2 Å². The van der Waals surface area contributed by atoms with Crippen LogP contribution >= 0.6 is 0 Å². The van der Waals surface area contributed by atoms with Crippen molar-refractivity contribution in [3.63, 3.8) is 0 Å². The number of hydrogen-bond acceptors (Lipinski definition) is 1. The summed E-state index contributed by atoms with van der Waals surface area (Å²) in [4.78, 5) is 0. The lowest BCUT2D eigenvalue weighted by Gasteiger charge is -2.07. The molecule has 0 aromatic heterocycles. The summed E-state index contributed by atoms with van der Waals surface area (Å²) in [6.45, 7) is 0. The minimum atomic E-state index is -0.884. The van der Waals surface area contributed by atoms with E-state index in [0.29, 0.717) is 12.0 Å². The van der Waals surface area contributed by atoms with Gasteiger partial charge in [0.2, 0.25) is 0 Å². The third-order valence-corrected chi connectivity index (χ3v) is 2.38. The van der Waals surface area contributed by atoms with Gasteiger partial charge in [0.1, 0.15) is 6.17 Å². The molecule has 70 valence electrons. The van der Waals surface area contributed by atoms with Crippen molar-refractivity contribution < 1.29 is 13.5 Å². The first-order valence-electron chi connectivity index (χ1n) is 4.20. The molecule has 0 saturated carbocycles. The average molecular weight is 184 g/mol. The van der Waals surface area contributed by atoms with E-state index in [0.717, 1.165) is 5.56 Å². The normalized spacial score (nSPS) is 20.1. The predicted molar refractivity (Wildman–Crippen MR) is 45.3 cm³/mol. The maximum atomic E-state index is 13.1. The first kappa shape index (κ1) is 8.48. The largest absolute Gasteiger partial charge is 0.493 e. The van der Waals surface area contributed by atoms with E-state index >= 15 is 0 Å². The Balaban J connectivity index is 2.52. The van der Waals surface area contributed by atoms with Gasteiger partial charge < -0.3 is 4.74 Å². The van der Waals surface area contributed by atoms with E-state index in [1.165, 1.54) is 13.2 Å². The molecule has 1 aliphatic carbocycles. The molecule has 0 spiro atoms. The zero-order valence-electron chi connectivity index (χ0n) is 7.31. The van der Waals surface area contributed by atoms with E-state index in [2.05, 4.69) is 0 Å². The predicted octanol–water partition coefficient (Wildman–Crippen LogP) is 2.27. The van der Waals surface area contributed by atoms with Gasteiger partial charge in [-0.3, -0.25) is 0 Å². The van der Waals surface area contributed by atoms with Gasteiger partial charge in [0.25, 0.3) is 0 Å². The van der Waals surface area contributed by atoms with Gasteiger partial charge in [-0.15, -0.1) is 0 Å². The second-order valence-electron chi connectivity index (χ2n) is 3.22. The van der Waals surface area contributed by atoms with Gasteiger partial charge in [0.05, 0.1) is 7.11 Å². The number of alkyl halides is 1. The van der Waals surface area contributed by atoms with Gasteiger partial charge in [-0.1, -0.05) is 6.07 Å². The second-order valence-corrected chi connectivity index (χ2v) is 3.22. The number of methoxy groups -OCH3 is 1. The second kappa shape index (κ2) is 2.98. The van der Waals surface area contributed by atoms with Crippen LogP contribution in [0.25, 0.3) is 0 Å². The Hall–Kier alpha value is -1.12. The highest BCUT2D eigenvalue weighted by Gasteiger charge is 2.25. The molecule has 1 atom stereocenters. The van der Waals surface area contributed by atoms with Crippen molar-refractivity contribution in [2.75, 3.05) is 7.11 Å². The molecule has 2 rings (SSSR count). The molecule has 1 aliphatic rings. The Kier molecular flexibility index (Phi) is 1.94. The average Bonchev–Trinajstić information content (AvgIpc) is 2.45. The maximum Gasteiger partial charge on any atom is 0.165 e. The summed E-state index contributed by atoms with van der Waals surface area (Å²) < 4.78 is 31.0. The molecule has 0 bridgehead atoms. The molecule has 0 aliphatic heterocycles. The molecule has 0 saturated heterocycles. The van der Waals surface area contributed by atoms with Crippen LogP contribution in [0.2, 0.25) is 0 Å². The number of ether oxygens (including phenoxy) is 1. The summed E-state index contributed by atoms with van der Waals surface area (Å²) in [5.41, 5.74) is 1.56. The highest BCUT2D eigenvalue weighted by atomic mass is 19.1. The zero-order chi connectivity index (χ0) is 9.42. The fourth-order valence-corrected chi connectivity index (χ4v) is 1.81. The van der Waals surface area contributed by atoms with Gasteiger partial charge in [0, 0.05) is 18.4 Å². The van der Waals surface area contributed by atoms with E-state index in [1.807, 2.05) is 0 Å². The smallest absolute Gasteiger partial charge is 0.165 e. The molecule has 1 aromatic carbocycles. The number of fused-ring (bicyclic) bond motifs is 1. The lowest BCUT2D eigenvalue weighted by Crippen LogP contribution is -1.97. The summed E-state index contributed by atoms with van der Waals surface area (Å²) >= 11 is 0. The molecule has 1 unspecified atom stereocenters. The summed E-state index contributed by atoms with van der Waals surface area (Å²) in [6.07, 6.45) is -0.229. The van der Waals surface area contributed by atoms with Crippen LogP contribution in [0.5, 0.6) is 5.75 Å². The minimum Gasteiger partial charge on any atom is -0.493 e. The number of rotatable bonds is 1. The molecule has 0 fully saturated rings. The monoisotopic (exact) mass is 184 g/mol. The lowest BCUT2D eigenvalue weighted by molar-refractivity contribution is 0.342. The van der Waals surface area contributed by atoms with E-state index < -0.39 is 12.0 Å². The number of halogens is 2. The van der Waals surface area contributed by atoms with Crippen LogP contribution in [0.1, 0.15) is 11.1 Å². The molecule has 0 N–H and O–H groups in total. The number of benzene rings is 1. The highest BCUT2D eigenvalue weighted by molar-refractivity contribution is 5.45. The first-order chi connectivity index (χ1) is 6.22. The molecule has 0 radical (unpaired) electrons. The molecule has 13 heavy (non-hydrogen) atoms. The van der Waals surface area contributed by atoms with Crippen LogP contribution < -0.4 is 4.74 Å². The quantitative estimate of drug-likeness (QED) is 0.650. The van der Waals surface area contributed by atoms with Crippen molar-refractivity contribution in [1.82, 2.24) is 0 Å². The fraction of sp³-hybridized carbons (Fsp3) is 0.400. The van der Waals surface area contributed by atoms with Crippen LogP contribution in [-0.4, -0.2) is 13.3 Å². The molecule has 1 aromatic rings. The Labute approximate surface area is 75.3 Å². The topological polar surface area (TPSA) is 9.23 Å². The van der Waals surface area contributed by atoms with Gasteiger partial charge in [-0.2, -0.15) is 0 Å². The molecular formula is C10H10F2O. The van der Waals surface area contributed by atoms with Gasteiger partial charge >= 0.3 is 0 Å². The summed E-state index contributed by atoms with van der Waals surface area (Å²) in [7, 11) is 1.41. The third kappa shape index (κ3) is 1.28. The first-order valence-corrected chi connectivity index (χ1v) is 4.20. The molecule has 3 heteroatoms. The third-order valence-electron chi connectivity index (χ3n) is 2.38. The van der Waals surface area contributed by atoms with Crippen molar-refractivity contribution in [3.8, 4) is 5.75 Å². The van der Waals surface area contributed by atoms with Crippen LogP contribution in [0, 0.1) is 5.82 Å². The Morgan fingerprint density at radius 1 is 1.38 bits per heavy atom. The maximum absolute atomic E-state index is 13.1. The Bertz CT molecular complexity index is 336. The van der Waals surface area contributed by atoms with Crippen molar-refractivity contribution in [2.24, 2.45) is 0 Å². The zero-order valence-corrected chi connectivity index (χ0v) is 7.31. The molecule has 0 heterocycles. The van der Waals surface area contributed by atoms with E-state index in [9.17, 15) is 8.78 Å². The highest BCUT2D eigenvalue weighted by Crippen LogP contribution is 2.33. The van der Waals surface area contributed by atoms with E-state index in [1.54, 1.807) is 6.07 Å². The number of hydrogen-bond donors (Lipinski definition) is 0. The standard InChI is InChI=1S/C10H10F2O/c1-13-10-8-5-7(11)4-6(8)2-3-9(10)12/h2-3,7H,4-5H2,1H3. The Morgan fingerprint density at radius 3 is 2.85 bits per heavy atom. The van der Waals surface area contributed by atoms with Crippen LogP contribution in [0.3, 0.4) is 0 Å². The van der Waals surface area contributed by atoms with Crippen molar-refractivity contribution in [3.05, 3.63) is 29.1 Å². The fourth-order valence-electron chi connectivity index (χ4n) is 1.81. The van der Waals surface area contributed by atoms with Gasteiger partial charge in [-0.25, -0.2) is 8.78 Å². The van der Waals surface area contributed by atoms with Crippen LogP contribution in [0.15, 0.2) is 12.1 Å². The van der Waals surface area contributed by atoms with Crippen molar-refractivity contribution >= 4 is 0 Å². The van der Waals surface area contributed by atoms with Gasteiger partial charge in [0.15, 0.2) is 11.6 Å². The summed E-state index contributed by atoms with van der Waals surface area (Å²) in [6, 6.07) is 2.96. The SMILES string of the molecule is COc1c(F)ccc2c1CC(F)C2. The van der Waals surface area contributed by atoms with Crippen molar-refractivity contribution in [1.29, 1.82) is 0 Å². The lowest BCUT2D eigenvalue weighted by atomic mass is 10.1. The minimum absolute atomic E-state index is 0.206. The molecule has 0 amide bonds. The van der Waals surface area contributed by atoms with Crippen LogP contribution in [-0.2, 0) is 12.8 Å². The molecule has 1 nitrogen and oxygen atoms in total.